The molecule has 29 heavy (non-hydrogen) atoms. The Balaban J connectivity index is 1.86. The molecule has 4 rings (SSSR count). The Labute approximate surface area is 165 Å². The lowest BCUT2D eigenvalue weighted by Crippen LogP contribution is -2.46. The Kier molecular flexibility index (Phi) is 4.84. The first-order chi connectivity index (χ1) is 13.9. The standard InChI is InChI=1S/C21H19FN4O3/c1-13-5-9-17(10-6-13)26-21(29)25(12-14-3-2-4-15(22)11-14)20(28)18(24-26)19(27)23-16-7-8-16/h2-6,9-11,16H,7-8,12H2,1H3,(H,23,27). The highest BCUT2D eigenvalue weighted by atomic mass is 19.1. The maximum absolute atomic E-state index is 13.6. The number of carbonyl (C=O) groups excluding carboxylic acids is 1. The van der Waals surface area contributed by atoms with Crippen molar-refractivity contribution in [2.45, 2.75) is 32.4 Å². The summed E-state index contributed by atoms with van der Waals surface area (Å²) in [6.07, 6.45) is 1.70. The van der Waals surface area contributed by atoms with Crippen molar-refractivity contribution in [1.29, 1.82) is 0 Å². The third-order valence-corrected chi connectivity index (χ3v) is 4.70. The van der Waals surface area contributed by atoms with Crippen molar-refractivity contribution >= 4 is 5.91 Å². The van der Waals surface area contributed by atoms with Crippen molar-refractivity contribution < 1.29 is 9.18 Å². The predicted molar refractivity (Wildman–Crippen MR) is 105 cm³/mol. The Morgan fingerprint density at radius 2 is 1.90 bits per heavy atom. The molecule has 2 aromatic carbocycles. The minimum Gasteiger partial charge on any atom is -0.348 e. The lowest BCUT2D eigenvalue weighted by atomic mass is 10.2. The van der Waals surface area contributed by atoms with Crippen molar-refractivity contribution in [2.24, 2.45) is 0 Å². The molecule has 1 fully saturated rings. The van der Waals surface area contributed by atoms with Gasteiger partial charge in [-0.1, -0.05) is 29.8 Å². The molecule has 1 amide bonds. The van der Waals surface area contributed by atoms with Crippen molar-refractivity contribution in [3.05, 3.63) is 92.0 Å². The van der Waals surface area contributed by atoms with E-state index >= 15 is 0 Å². The van der Waals surface area contributed by atoms with Crippen LogP contribution in [0.2, 0.25) is 0 Å². The maximum atomic E-state index is 13.6. The van der Waals surface area contributed by atoms with Crippen LogP contribution in [-0.4, -0.2) is 26.3 Å². The number of hydrogen-bond donors (Lipinski definition) is 1. The highest BCUT2D eigenvalue weighted by molar-refractivity contribution is 5.92. The fourth-order valence-corrected chi connectivity index (χ4v) is 2.95. The van der Waals surface area contributed by atoms with E-state index in [2.05, 4.69) is 10.4 Å². The van der Waals surface area contributed by atoms with E-state index < -0.39 is 23.0 Å². The molecule has 0 radical (unpaired) electrons. The lowest BCUT2D eigenvalue weighted by Gasteiger charge is -2.12. The molecule has 0 spiro atoms. The van der Waals surface area contributed by atoms with E-state index in [1.807, 2.05) is 6.92 Å². The third kappa shape index (κ3) is 4.01. The molecular weight excluding hydrogens is 375 g/mol. The Bertz CT molecular complexity index is 1190. The van der Waals surface area contributed by atoms with Crippen molar-refractivity contribution in [2.75, 3.05) is 0 Å². The summed E-state index contributed by atoms with van der Waals surface area (Å²) in [4.78, 5) is 38.5. The number of halogens is 1. The van der Waals surface area contributed by atoms with Crippen LogP contribution in [0.3, 0.4) is 0 Å². The topological polar surface area (TPSA) is 86.0 Å². The smallest absolute Gasteiger partial charge is 0.348 e. The second kappa shape index (κ2) is 7.46. The molecule has 1 aliphatic rings. The summed E-state index contributed by atoms with van der Waals surface area (Å²) < 4.78 is 15.5. The number of nitrogens with one attached hydrogen (secondary N) is 1. The molecule has 148 valence electrons. The van der Waals surface area contributed by atoms with E-state index in [0.717, 1.165) is 27.7 Å². The molecule has 0 unspecified atom stereocenters. The van der Waals surface area contributed by atoms with E-state index in [4.69, 9.17) is 0 Å². The van der Waals surface area contributed by atoms with Gasteiger partial charge in [0.25, 0.3) is 11.5 Å². The fourth-order valence-electron chi connectivity index (χ4n) is 2.95. The summed E-state index contributed by atoms with van der Waals surface area (Å²) >= 11 is 0. The first-order valence-electron chi connectivity index (χ1n) is 9.29. The predicted octanol–water partition coefficient (Wildman–Crippen LogP) is 1.78. The average molecular weight is 394 g/mol. The number of aromatic nitrogens is 3. The van der Waals surface area contributed by atoms with Gasteiger partial charge in [0.1, 0.15) is 5.82 Å². The molecule has 0 aliphatic heterocycles. The van der Waals surface area contributed by atoms with Gasteiger partial charge in [-0.05, 0) is 49.6 Å². The minimum atomic E-state index is -0.805. The molecule has 0 atom stereocenters. The van der Waals surface area contributed by atoms with Crippen molar-refractivity contribution in [1.82, 2.24) is 19.7 Å². The van der Waals surface area contributed by atoms with Gasteiger partial charge >= 0.3 is 5.69 Å². The summed E-state index contributed by atoms with van der Waals surface area (Å²) in [7, 11) is 0. The van der Waals surface area contributed by atoms with Gasteiger partial charge in [0, 0.05) is 6.04 Å². The highest BCUT2D eigenvalue weighted by Crippen LogP contribution is 2.18. The maximum Gasteiger partial charge on any atom is 0.352 e. The average Bonchev–Trinajstić information content (AvgIpc) is 3.50. The summed E-state index contributed by atoms with van der Waals surface area (Å²) in [5.41, 5.74) is -0.0320. The molecule has 1 heterocycles. The second-order valence-electron chi connectivity index (χ2n) is 7.15. The molecule has 1 saturated carbocycles. The monoisotopic (exact) mass is 394 g/mol. The summed E-state index contributed by atoms with van der Waals surface area (Å²) in [6.45, 7) is 1.73. The number of rotatable bonds is 5. The second-order valence-corrected chi connectivity index (χ2v) is 7.15. The van der Waals surface area contributed by atoms with Crippen molar-refractivity contribution in [3.63, 3.8) is 0 Å². The zero-order valence-corrected chi connectivity index (χ0v) is 15.8. The Hall–Kier alpha value is -3.55. The lowest BCUT2D eigenvalue weighted by molar-refractivity contribution is 0.0941. The first-order valence-corrected chi connectivity index (χ1v) is 9.29. The molecular formula is C21H19FN4O3. The van der Waals surface area contributed by atoms with E-state index in [1.165, 1.54) is 18.2 Å². The van der Waals surface area contributed by atoms with E-state index in [0.29, 0.717) is 11.3 Å². The molecule has 3 aromatic rings. The van der Waals surface area contributed by atoms with Gasteiger partial charge in [-0.25, -0.2) is 9.18 Å². The molecule has 8 heteroatoms. The SMILES string of the molecule is Cc1ccc(-n2nc(C(=O)NC3CC3)c(=O)n(Cc3cccc(F)c3)c2=O)cc1. The molecule has 1 aromatic heterocycles. The van der Waals surface area contributed by atoms with Crippen LogP contribution in [0.15, 0.2) is 58.1 Å². The molecule has 0 saturated heterocycles. The first kappa shape index (κ1) is 18.8. The van der Waals surface area contributed by atoms with Gasteiger partial charge in [-0.15, -0.1) is 0 Å². The number of benzene rings is 2. The van der Waals surface area contributed by atoms with E-state index in [9.17, 15) is 18.8 Å². The largest absolute Gasteiger partial charge is 0.352 e. The number of aryl methyl sites for hydroxylation is 1. The Morgan fingerprint density at radius 1 is 1.17 bits per heavy atom. The van der Waals surface area contributed by atoms with Gasteiger partial charge < -0.3 is 5.32 Å². The molecule has 1 N–H and O–H groups in total. The van der Waals surface area contributed by atoms with Crippen LogP contribution >= 0.6 is 0 Å². The quantitative estimate of drug-likeness (QED) is 0.715. The van der Waals surface area contributed by atoms with E-state index in [-0.39, 0.29) is 18.3 Å². The van der Waals surface area contributed by atoms with E-state index in [1.54, 1.807) is 30.3 Å². The Morgan fingerprint density at radius 3 is 2.55 bits per heavy atom. The fraction of sp³-hybridized carbons (Fsp3) is 0.238. The van der Waals surface area contributed by atoms with Gasteiger partial charge in [0.2, 0.25) is 5.69 Å². The van der Waals surface area contributed by atoms with Crippen LogP contribution in [-0.2, 0) is 6.54 Å². The minimum absolute atomic E-state index is 0.0279. The van der Waals surface area contributed by atoms with Crippen LogP contribution in [0.25, 0.3) is 5.69 Å². The number of nitrogens with zero attached hydrogens (tertiary/aromatic N) is 3. The third-order valence-electron chi connectivity index (χ3n) is 4.70. The van der Waals surface area contributed by atoms with Crippen molar-refractivity contribution in [3.8, 4) is 5.69 Å². The summed E-state index contributed by atoms with van der Waals surface area (Å²) in [5, 5.41) is 6.79. The van der Waals surface area contributed by atoms with Gasteiger partial charge in [-0.2, -0.15) is 9.78 Å². The van der Waals surface area contributed by atoms with Crippen LogP contribution in [0.1, 0.15) is 34.5 Å². The van der Waals surface area contributed by atoms with Gasteiger partial charge in [-0.3, -0.25) is 14.2 Å². The molecule has 1 aliphatic carbocycles. The number of carbonyl (C=O) groups is 1. The van der Waals surface area contributed by atoms with Gasteiger partial charge in [0.05, 0.1) is 12.2 Å². The zero-order valence-electron chi connectivity index (χ0n) is 15.8. The zero-order chi connectivity index (χ0) is 20.5. The normalized spacial score (nSPS) is 13.3. The molecule has 7 nitrogen and oxygen atoms in total. The molecule has 0 bridgehead atoms. The number of amides is 1. The summed E-state index contributed by atoms with van der Waals surface area (Å²) in [5.74, 6) is -1.10. The number of hydrogen-bond acceptors (Lipinski definition) is 4. The highest BCUT2D eigenvalue weighted by Gasteiger charge is 2.27. The van der Waals surface area contributed by atoms with Crippen LogP contribution < -0.4 is 16.6 Å². The summed E-state index contributed by atoms with van der Waals surface area (Å²) in [6, 6.07) is 12.6. The van der Waals surface area contributed by atoms with Crippen LogP contribution in [0.4, 0.5) is 4.39 Å². The van der Waals surface area contributed by atoms with Crippen LogP contribution in [0.5, 0.6) is 0 Å². The van der Waals surface area contributed by atoms with Gasteiger partial charge in [0.15, 0.2) is 0 Å². The van der Waals surface area contributed by atoms with Crippen LogP contribution in [0, 0.1) is 12.7 Å².